The molecule has 15 heavy (non-hydrogen) atoms. The van der Waals surface area contributed by atoms with Gasteiger partial charge in [0.25, 0.3) is 5.91 Å². The van der Waals surface area contributed by atoms with Crippen LogP contribution in [0.5, 0.6) is 0 Å². The van der Waals surface area contributed by atoms with Crippen LogP contribution in [-0.2, 0) is 9.63 Å². The first-order valence-corrected chi connectivity index (χ1v) is 5.37. The number of hydrogen-bond acceptors (Lipinski definition) is 2. The van der Waals surface area contributed by atoms with E-state index in [1.165, 1.54) is 37.5 Å². The summed E-state index contributed by atoms with van der Waals surface area (Å²) in [7, 11) is 3.05. The largest absolute Gasteiger partial charge is 0.274 e. The lowest BCUT2D eigenvalue weighted by atomic mass is 10.2. The maximum atomic E-state index is 11.2. The number of hydroxylamine groups is 2. The van der Waals surface area contributed by atoms with Gasteiger partial charge in [0.05, 0.1) is 7.11 Å². The highest BCUT2D eigenvalue weighted by atomic mass is 16.7. The lowest BCUT2D eigenvalue weighted by Gasteiger charge is -2.09. The summed E-state index contributed by atoms with van der Waals surface area (Å²) in [4.78, 5) is 15.9. The number of rotatable bonds is 7. The number of nitrogens with zero attached hydrogens (tertiary/aromatic N) is 1. The third-order valence-electron chi connectivity index (χ3n) is 2.04. The van der Waals surface area contributed by atoms with E-state index in [-0.39, 0.29) is 5.91 Å². The van der Waals surface area contributed by atoms with Crippen LogP contribution in [0.15, 0.2) is 24.3 Å². The van der Waals surface area contributed by atoms with Crippen LogP contribution in [0.25, 0.3) is 0 Å². The summed E-state index contributed by atoms with van der Waals surface area (Å²) in [5.41, 5.74) is 0. The monoisotopic (exact) mass is 211 g/mol. The first-order chi connectivity index (χ1) is 7.22. The minimum Gasteiger partial charge on any atom is -0.274 e. The number of hydrogen-bond donors (Lipinski definition) is 0. The van der Waals surface area contributed by atoms with Gasteiger partial charge >= 0.3 is 0 Å². The Morgan fingerprint density at radius 2 is 2.07 bits per heavy atom. The molecule has 0 aliphatic heterocycles. The Balaban J connectivity index is 3.64. The molecular formula is C12H21NO2. The second-order valence-electron chi connectivity index (χ2n) is 3.30. The molecule has 0 fully saturated rings. The van der Waals surface area contributed by atoms with Crippen LogP contribution in [0.2, 0.25) is 0 Å². The highest BCUT2D eigenvalue weighted by molar-refractivity contribution is 5.86. The van der Waals surface area contributed by atoms with E-state index in [0.717, 1.165) is 6.42 Å². The van der Waals surface area contributed by atoms with Gasteiger partial charge in [0, 0.05) is 13.1 Å². The molecule has 0 radical (unpaired) electrons. The van der Waals surface area contributed by atoms with Crippen molar-refractivity contribution in [3.63, 3.8) is 0 Å². The van der Waals surface area contributed by atoms with Gasteiger partial charge in [-0.05, 0) is 12.8 Å². The lowest BCUT2D eigenvalue weighted by molar-refractivity contribution is -0.162. The molecule has 86 valence electrons. The molecule has 3 nitrogen and oxygen atoms in total. The van der Waals surface area contributed by atoms with Crippen molar-refractivity contribution in [2.45, 2.75) is 32.6 Å². The Hall–Kier alpha value is -1.09. The van der Waals surface area contributed by atoms with Gasteiger partial charge in [-0.2, -0.15) is 0 Å². The molecule has 0 spiro atoms. The Morgan fingerprint density at radius 3 is 2.67 bits per heavy atom. The number of amides is 1. The Bertz CT molecular complexity index is 222. The molecule has 3 heteroatoms. The second kappa shape index (κ2) is 9.46. The summed E-state index contributed by atoms with van der Waals surface area (Å²) in [5, 5.41) is 1.18. The molecule has 0 atom stereocenters. The average molecular weight is 211 g/mol. The fraction of sp³-hybridized carbons (Fsp3) is 0.583. The predicted octanol–water partition coefficient (Wildman–Crippen LogP) is 2.70. The molecule has 0 aromatic carbocycles. The summed E-state index contributed by atoms with van der Waals surface area (Å²) in [6.45, 7) is 2.18. The number of carbonyl (C=O) groups is 1. The topological polar surface area (TPSA) is 29.5 Å². The summed E-state index contributed by atoms with van der Waals surface area (Å²) >= 11 is 0. The van der Waals surface area contributed by atoms with E-state index in [4.69, 9.17) is 4.84 Å². The highest BCUT2D eigenvalue weighted by Gasteiger charge is 1.99. The van der Waals surface area contributed by atoms with E-state index >= 15 is 0 Å². The normalized spacial score (nSPS) is 11.4. The molecule has 0 rings (SSSR count). The predicted molar refractivity (Wildman–Crippen MR) is 62.2 cm³/mol. The van der Waals surface area contributed by atoms with Crippen LogP contribution in [0, 0.1) is 0 Å². The number of carbonyl (C=O) groups excluding carboxylic acids is 1. The molecule has 0 N–H and O–H groups in total. The Kier molecular flexibility index (Phi) is 8.78. The first kappa shape index (κ1) is 13.9. The second-order valence-corrected chi connectivity index (χ2v) is 3.30. The van der Waals surface area contributed by atoms with Crippen LogP contribution < -0.4 is 0 Å². The van der Waals surface area contributed by atoms with Gasteiger partial charge in [-0.1, -0.05) is 38.0 Å². The van der Waals surface area contributed by atoms with Crippen molar-refractivity contribution < 1.29 is 9.63 Å². The molecule has 1 amide bonds. The summed E-state index contributed by atoms with van der Waals surface area (Å²) < 4.78 is 0. The fourth-order valence-electron chi connectivity index (χ4n) is 1.02. The number of unbranched alkanes of at least 4 members (excludes halogenated alkanes) is 3. The maximum absolute atomic E-state index is 11.2. The average Bonchev–Trinajstić information content (AvgIpc) is 2.26. The van der Waals surface area contributed by atoms with Crippen LogP contribution in [0.3, 0.4) is 0 Å². The summed E-state index contributed by atoms with van der Waals surface area (Å²) in [5.74, 6) is -0.157. The van der Waals surface area contributed by atoms with E-state index < -0.39 is 0 Å². The van der Waals surface area contributed by atoms with Gasteiger partial charge in [-0.25, -0.2) is 5.06 Å². The first-order valence-electron chi connectivity index (χ1n) is 5.37. The van der Waals surface area contributed by atoms with Crippen LogP contribution in [-0.4, -0.2) is 25.1 Å². The van der Waals surface area contributed by atoms with Crippen LogP contribution in [0.1, 0.15) is 32.6 Å². The smallest absolute Gasteiger partial charge is 0.269 e. The van der Waals surface area contributed by atoms with Gasteiger partial charge < -0.3 is 0 Å². The van der Waals surface area contributed by atoms with E-state index in [0.29, 0.717) is 0 Å². The lowest BCUT2D eigenvalue weighted by Crippen LogP contribution is -2.22. The minimum absolute atomic E-state index is 0.157. The number of allylic oxidation sites excluding steroid dienone is 3. The zero-order valence-corrected chi connectivity index (χ0v) is 9.90. The van der Waals surface area contributed by atoms with Crippen LogP contribution in [0.4, 0.5) is 0 Å². The van der Waals surface area contributed by atoms with E-state index in [1.54, 1.807) is 13.1 Å². The summed E-state index contributed by atoms with van der Waals surface area (Å²) in [6.07, 6.45) is 12.0. The third-order valence-corrected chi connectivity index (χ3v) is 2.04. The highest BCUT2D eigenvalue weighted by Crippen LogP contribution is 1.99. The Labute approximate surface area is 92.4 Å². The van der Waals surface area contributed by atoms with E-state index in [2.05, 4.69) is 13.0 Å². The molecule has 0 aliphatic carbocycles. The van der Waals surface area contributed by atoms with Crippen molar-refractivity contribution in [1.82, 2.24) is 5.06 Å². The standard InChI is InChI=1S/C12H21NO2/c1-4-5-6-7-8-9-10-11-12(14)13(2)15-3/h8-11H,4-7H2,1-3H3/b9-8+,11-10+. The van der Waals surface area contributed by atoms with Crippen molar-refractivity contribution in [1.29, 1.82) is 0 Å². The van der Waals surface area contributed by atoms with Crippen molar-refractivity contribution in [2.75, 3.05) is 14.2 Å². The SMILES string of the molecule is CCCCC/C=C/C=C/C(=O)N(C)OC. The molecule has 0 unspecified atom stereocenters. The van der Waals surface area contributed by atoms with Gasteiger partial charge in [-0.15, -0.1) is 0 Å². The molecular weight excluding hydrogens is 190 g/mol. The molecule has 0 aromatic heterocycles. The van der Waals surface area contributed by atoms with Crippen molar-refractivity contribution in [3.8, 4) is 0 Å². The Morgan fingerprint density at radius 1 is 1.33 bits per heavy atom. The van der Waals surface area contributed by atoms with Gasteiger partial charge in [-0.3, -0.25) is 9.63 Å². The zero-order valence-electron chi connectivity index (χ0n) is 9.90. The molecule has 0 bridgehead atoms. The number of likely N-dealkylation sites (N-methyl/N-ethyl adjacent to an activating group) is 1. The minimum atomic E-state index is -0.157. The molecule has 0 aliphatic rings. The quantitative estimate of drug-likeness (QED) is 0.280. The van der Waals surface area contributed by atoms with E-state index in [9.17, 15) is 4.79 Å². The van der Waals surface area contributed by atoms with Gasteiger partial charge in [0.15, 0.2) is 0 Å². The summed E-state index contributed by atoms with van der Waals surface area (Å²) in [6, 6.07) is 0. The third kappa shape index (κ3) is 7.94. The van der Waals surface area contributed by atoms with Crippen molar-refractivity contribution in [3.05, 3.63) is 24.3 Å². The van der Waals surface area contributed by atoms with Gasteiger partial charge in [0.2, 0.25) is 0 Å². The van der Waals surface area contributed by atoms with Gasteiger partial charge in [0.1, 0.15) is 0 Å². The molecule has 0 saturated heterocycles. The van der Waals surface area contributed by atoms with Crippen LogP contribution >= 0.6 is 0 Å². The van der Waals surface area contributed by atoms with Crippen molar-refractivity contribution >= 4 is 5.91 Å². The molecule has 0 aromatic rings. The maximum Gasteiger partial charge on any atom is 0.269 e. The zero-order chi connectivity index (χ0) is 11.5. The fourth-order valence-corrected chi connectivity index (χ4v) is 1.02. The molecule has 0 heterocycles. The molecule has 0 saturated carbocycles. The van der Waals surface area contributed by atoms with Crippen molar-refractivity contribution in [2.24, 2.45) is 0 Å². The van der Waals surface area contributed by atoms with E-state index in [1.807, 2.05) is 6.08 Å².